The van der Waals surface area contributed by atoms with Crippen LogP contribution in [0, 0.1) is 12.1 Å². The smallest absolute Gasteiger partial charge is 0.416 e. The molecule has 0 atom stereocenters. The van der Waals surface area contributed by atoms with Crippen LogP contribution in [0.2, 0.25) is 0 Å². The van der Waals surface area contributed by atoms with Crippen molar-refractivity contribution in [2.75, 3.05) is 19.0 Å². The van der Waals surface area contributed by atoms with Gasteiger partial charge in [-0.2, -0.15) is 0 Å². The Bertz CT molecular complexity index is 1890. The summed E-state index contributed by atoms with van der Waals surface area (Å²) in [5.74, 6) is 0. The van der Waals surface area contributed by atoms with E-state index in [1.807, 2.05) is 81.0 Å². The van der Waals surface area contributed by atoms with Crippen LogP contribution >= 0.6 is 0 Å². The van der Waals surface area contributed by atoms with Crippen molar-refractivity contribution in [1.82, 2.24) is 19.9 Å². The number of hydrogen-bond acceptors (Lipinski definition) is 5. The number of anilines is 1. The molecule has 0 aliphatic carbocycles. The van der Waals surface area contributed by atoms with Gasteiger partial charge in [-0.3, -0.25) is 9.97 Å². The van der Waals surface area contributed by atoms with Gasteiger partial charge in [0.25, 0.3) is 0 Å². The number of pyridine rings is 4. The Labute approximate surface area is 270 Å². The van der Waals surface area contributed by atoms with E-state index in [0.29, 0.717) is 0 Å². The topological polar surface area (TPSA) is 54.8 Å². The van der Waals surface area contributed by atoms with Gasteiger partial charge in [0.1, 0.15) is 0 Å². The number of fused-ring (bicyclic) bond motifs is 6. The van der Waals surface area contributed by atoms with Crippen LogP contribution in [-0.2, 0) is 19.8 Å². The van der Waals surface area contributed by atoms with E-state index in [1.54, 1.807) is 18.6 Å². The minimum absolute atomic E-state index is 0. The molecule has 8 rings (SSSR count). The molecule has 6 heteroatoms. The van der Waals surface area contributed by atoms with Gasteiger partial charge in [0, 0.05) is 35.6 Å². The average molecular weight is 746 g/mol. The van der Waals surface area contributed by atoms with Gasteiger partial charge in [-0.25, -0.2) is 0 Å². The normalized spacial score (nSPS) is 10.3. The summed E-state index contributed by atoms with van der Waals surface area (Å²) < 4.78 is 0. The third-order valence-electron chi connectivity index (χ3n) is 7.00. The van der Waals surface area contributed by atoms with E-state index in [-0.39, 0.29) is 19.8 Å². The van der Waals surface area contributed by atoms with Crippen LogP contribution in [-0.4, -0.2) is 34.0 Å². The zero-order valence-electron chi connectivity index (χ0n) is 24.4. The molecule has 5 nitrogen and oxygen atoms in total. The third kappa shape index (κ3) is 6.94. The predicted octanol–water partition coefficient (Wildman–Crippen LogP) is 8.58. The van der Waals surface area contributed by atoms with Crippen LogP contribution in [0.3, 0.4) is 0 Å². The molecule has 0 amide bonds. The molecule has 0 N–H and O–H groups in total. The van der Waals surface area contributed by atoms with Gasteiger partial charge < -0.3 is 14.9 Å². The van der Waals surface area contributed by atoms with E-state index in [1.165, 1.54) is 10.8 Å². The largest absolute Gasteiger partial charge is 2.00 e. The first-order chi connectivity index (χ1) is 21.2. The fourth-order valence-electron chi connectivity index (χ4n) is 4.79. The van der Waals surface area contributed by atoms with Crippen LogP contribution in [0.25, 0.3) is 54.7 Å². The van der Waals surface area contributed by atoms with Crippen molar-refractivity contribution >= 4 is 49.2 Å². The van der Waals surface area contributed by atoms with E-state index in [0.717, 1.165) is 49.7 Å². The first-order valence-corrected chi connectivity index (χ1v) is 14.0. The van der Waals surface area contributed by atoms with Gasteiger partial charge in [0.15, 0.2) is 0 Å². The van der Waals surface area contributed by atoms with Crippen molar-refractivity contribution in [3.05, 3.63) is 152 Å². The summed E-state index contributed by atoms with van der Waals surface area (Å²) in [6.07, 6.45) is 7.22. The SMILES string of the molecule is CN(C)c1c[c-]c(-c2ccccn2)cc1.[Os+2].[c-]1cccc2ccc3cccnc3c12.c1cnc2c(c1)ccc1cccnc12. The summed E-state index contributed by atoms with van der Waals surface area (Å²) in [6, 6.07) is 44.8. The maximum atomic E-state index is 4.38. The second-order valence-electron chi connectivity index (χ2n) is 10.1. The van der Waals surface area contributed by atoms with Crippen LogP contribution in [0.5, 0.6) is 0 Å². The Morgan fingerprint density at radius 3 is 1.64 bits per heavy atom. The fourth-order valence-corrected chi connectivity index (χ4v) is 4.79. The van der Waals surface area contributed by atoms with Gasteiger partial charge in [0.2, 0.25) is 0 Å². The zero-order valence-corrected chi connectivity index (χ0v) is 26.9. The van der Waals surface area contributed by atoms with E-state index in [2.05, 4.69) is 91.6 Å². The standard InChI is InChI=1S/C13H13N2.C13H8N.C12H8N2.Os/c1-15(2)12-8-6-11(7-9-12)13-5-3-4-10-14-13;1-2-6-12-10(4-1)7-8-11-5-3-9-14-13(11)12;1-3-9-5-6-10-4-2-8-14-12(10)11(9)13-7-1;/h3-6,8-10H,1-2H3;1-5,7-9H;1-8H;/q2*-1;;+2. The quantitative estimate of drug-likeness (QED) is 0.131. The van der Waals surface area contributed by atoms with Crippen molar-refractivity contribution in [2.45, 2.75) is 0 Å². The van der Waals surface area contributed by atoms with Crippen molar-refractivity contribution in [3.8, 4) is 11.3 Å². The molecule has 0 aliphatic heterocycles. The number of hydrogen-bond donors (Lipinski definition) is 0. The fraction of sp³-hybridized carbons (Fsp3) is 0.0526. The Kier molecular flexibility index (Phi) is 9.97. The minimum Gasteiger partial charge on any atom is -0.416 e. The van der Waals surface area contributed by atoms with Crippen molar-refractivity contribution in [3.63, 3.8) is 0 Å². The molecule has 8 aromatic rings. The predicted molar refractivity (Wildman–Crippen MR) is 178 cm³/mol. The van der Waals surface area contributed by atoms with Gasteiger partial charge in [-0.1, -0.05) is 54.6 Å². The van der Waals surface area contributed by atoms with Crippen LogP contribution in [0.15, 0.2) is 140 Å². The number of nitrogens with zero attached hydrogens (tertiary/aromatic N) is 5. The Morgan fingerprint density at radius 1 is 0.500 bits per heavy atom. The average Bonchev–Trinajstić information content (AvgIpc) is 3.09. The minimum atomic E-state index is 0. The molecule has 0 saturated heterocycles. The maximum Gasteiger partial charge on any atom is 2.00 e. The Balaban J connectivity index is 0.000000129. The van der Waals surface area contributed by atoms with E-state index in [4.69, 9.17) is 0 Å². The van der Waals surface area contributed by atoms with Crippen LogP contribution < -0.4 is 4.90 Å². The molecule has 0 bridgehead atoms. The molecular weight excluding hydrogens is 717 g/mol. The molecular formula is C38H29N5Os. The Morgan fingerprint density at radius 2 is 1.07 bits per heavy atom. The molecule has 0 spiro atoms. The summed E-state index contributed by atoms with van der Waals surface area (Å²) >= 11 is 0. The second kappa shape index (κ2) is 14.4. The number of aromatic nitrogens is 4. The zero-order chi connectivity index (χ0) is 29.4. The third-order valence-corrected chi connectivity index (χ3v) is 7.00. The molecule has 4 aromatic carbocycles. The van der Waals surface area contributed by atoms with E-state index >= 15 is 0 Å². The van der Waals surface area contributed by atoms with Gasteiger partial charge >= 0.3 is 19.8 Å². The Hall–Kier alpha value is -5.04. The van der Waals surface area contributed by atoms with Crippen molar-refractivity contribution < 1.29 is 19.8 Å². The molecule has 0 aliphatic rings. The molecule has 0 saturated carbocycles. The molecule has 44 heavy (non-hydrogen) atoms. The number of benzene rings is 4. The number of rotatable bonds is 2. The summed E-state index contributed by atoms with van der Waals surface area (Å²) in [5.41, 5.74) is 6.13. The molecule has 0 fully saturated rings. The van der Waals surface area contributed by atoms with Gasteiger partial charge in [-0.15, -0.1) is 64.9 Å². The first kappa shape index (κ1) is 30.4. The van der Waals surface area contributed by atoms with E-state index < -0.39 is 0 Å². The first-order valence-electron chi connectivity index (χ1n) is 14.0. The summed E-state index contributed by atoms with van der Waals surface area (Å²) in [7, 11) is 4.03. The van der Waals surface area contributed by atoms with Gasteiger partial charge in [0.05, 0.1) is 11.0 Å². The summed E-state index contributed by atoms with van der Waals surface area (Å²) in [6.45, 7) is 0. The van der Waals surface area contributed by atoms with Crippen molar-refractivity contribution in [2.24, 2.45) is 0 Å². The van der Waals surface area contributed by atoms with Crippen LogP contribution in [0.1, 0.15) is 0 Å². The molecule has 0 unspecified atom stereocenters. The molecule has 4 aromatic heterocycles. The summed E-state index contributed by atoms with van der Waals surface area (Å²) in [5, 5.41) is 5.74. The summed E-state index contributed by atoms with van der Waals surface area (Å²) in [4.78, 5) is 19.4. The van der Waals surface area contributed by atoms with E-state index in [9.17, 15) is 0 Å². The van der Waals surface area contributed by atoms with Crippen molar-refractivity contribution in [1.29, 1.82) is 0 Å². The van der Waals surface area contributed by atoms with Crippen LogP contribution in [0.4, 0.5) is 5.69 Å². The molecule has 0 radical (unpaired) electrons. The molecule has 214 valence electrons. The second-order valence-corrected chi connectivity index (χ2v) is 10.1. The van der Waals surface area contributed by atoms with Gasteiger partial charge in [-0.05, 0) is 60.6 Å². The molecule has 4 heterocycles. The monoisotopic (exact) mass is 747 g/mol. The maximum absolute atomic E-state index is 4.38.